The van der Waals surface area contributed by atoms with Gasteiger partial charge in [-0.3, -0.25) is 5.32 Å². The average molecular weight is 427 g/mol. The number of hydrogen-bond donors (Lipinski definition) is 2. The molecule has 9 heteroatoms. The number of likely N-dealkylation sites (tertiary alicyclic amines) is 1. The van der Waals surface area contributed by atoms with Crippen molar-refractivity contribution < 1.29 is 9.53 Å². The molecule has 2 N–H and O–H groups in total. The van der Waals surface area contributed by atoms with Crippen LogP contribution in [0.1, 0.15) is 17.8 Å². The molecule has 0 atom stereocenters. The van der Waals surface area contributed by atoms with E-state index in [9.17, 15) is 4.79 Å². The van der Waals surface area contributed by atoms with Gasteiger partial charge in [-0.15, -0.1) is 10.2 Å². The monoisotopic (exact) mass is 426 g/mol. The normalized spacial score (nSPS) is 14.9. The lowest BCUT2D eigenvalue weighted by molar-refractivity contribution is 0.174. The van der Waals surface area contributed by atoms with Gasteiger partial charge >= 0.3 is 6.03 Å². The Hall–Kier alpha value is -2.62. The van der Waals surface area contributed by atoms with Crippen molar-refractivity contribution in [3.63, 3.8) is 0 Å². The number of carbonyl (C=O) groups is 1. The lowest BCUT2D eigenvalue weighted by Crippen LogP contribution is -2.47. The predicted octanol–water partition coefficient (Wildman–Crippen LogP) is 3.29. The molecule has 2 amide bonds. The SMILES string of the molecule is COCCNC1CCN(C(=O)Nc2cc3cc(-c4nnc(C)s4)ccc3cn2)CC1. The number of anilines is 1. The Labute approximate surface area is 179 Å². The highest BCUT2D eigenvalue weighted by atomic mass is 32.1. The van der Waals surface area contributed by atoms with E-state index in [1.807, 2.05) is 30.0 Å². The Morgan fingerprint density at radius 3 is 2.80 bits per heavy atom. The smallest absolute Gasteiger partial charge is 0.323 e. The van der Waals surface area contributed by atoms with Crippen molar-refractivity contribution in [1.29, 1.82) is 0 Å². The van der Waals surface area contributed by atoms with Crippen LogP contribution in [0.25, 0.3) is 21.3 Å². The second kappa shape index (κ2) is 9.46. The minimum Gasteiger partial charge on any atom is -0.383 e. The summed E-state index contributed by atoms with van der Waals surface area (Å²) in [6.45, 7) is 4.94. The number of fused-ring (bicyclic) bond motifs is 1. The summed E-state index contributed by atoms with van der Waals surface area (Å²) in [5.74, 6) is 0.554. The molecular formula is C21H26N6O2S. The fourth-order valence-corrected chi connectivity index (χ4v) is 4.28. The molecule has 1 aromatic carbocycles. The first-order chi connectivity index (χ1) is 14.6. The number of aryl methyl sites for hydroxylation is 1. The van der Waals surface area contributed by atoms with Gasteiger partial charge in [0, 0.05) is 49.9 Å². The summed E-state index contributed by atoms with van der Waals surface area (Å²) in [6, 6.07) is 8.33. The van der Waals surface area contributed by atoms with Crippen LogP contribution in [0, 0.1) is 6.92 Å². The molecule has 30 heavy (non-hydrogen) atoms. The third kappa shape index (κ3) is 4.92. The van der Waals surface area contributed by atoms with Crippen LogP contribution in [0.5, 0.6) is 0 Å². The highest BCUT2D eigenvalue weighted by Gasteiger charge is 2.22. The number of aromatic nitrogens is 3. The van der Waals surface area contributed by atoms with Gasteiger partial charge in [-0.2, -0.15) is 0 Å². The summed E-state index contributed by atoms with van der Waals surface area (Å²) in [4.78, 5) is 18.9. The van der Waals surface area contributed by atoms with Crippen molar-refractivity contribution in [2.24, 2.45) is 0 Å². The van der Waals surface area contributed by atoms with Crippen LogP contribution in [0.4, 0.5) is 10.6 Å². The summed E-state index contributed by atoms with van der Waals surface area (Å²) in [7, 11) is 1.70. The second-order valence-corrected chi connectivity index (χ2v) is 8.58. The van der Waals surface area contributed by atoms with E-state index in [4.69, 9.17) is 4.74 Å². The maximum Gasteiger partial charge on any atom is 0.323 e. The van der Waals surface area contributed by atoms with Crippen molar-refractivity contribution in [1.82, 2.24) is 25.4 Å². The number of piperidine rings is 1. The summed E-state index contributed by atoms with van der Waals surface area (Å²) in [5.41, 5.74) is 1.01. The lowest BCUT2D eigenvalue weighted by Gasteiger charge is -2.32. The number of methoxy groups -OCH3 is 1. The summed E-state index contributed by atoms with van der Waals surface area (Å²) < 4.78 is 5.07. The highest BCUT2D eigenvalue weighted by molar-refractivity contribution is 7.14. The number of benzene rings is 1. The van der Waals surface area contributed by atoms with Crippen LogP contribution >= 0.6 is 11.3 Å². The van der Waals surface area contributed by atoms with Gasteiger partial charge in [0.15, 0.2) is 0 Å². The second-order valence-electron chi connectivity index (χ2n) is 7.40. The largest absolute Gasteiger partial charge is 0.383 e. The van der Waals surface area contributed by atoms with Crippen molar-refractivity contribution in [2.75, 3.05) is 38.7 Å². The van der Waals surface area contributed by atoms with E-state index in [0.717, 1.165) is 58.8 Å². The Bertz CT molecular complexity index is 1020. The molecule has 0 spiro atoms. The van der Waals surface area contributed by atoms with Crippen molar-refractivity contribution >= 4 is 34.0 Å². The number of rotatable bonds is 6. The standard InChI is InChI=1S/C21H26N6O2S/c1-14-25-26-20(30-14)15-3-4-16-13-23-19(12-17(16)11-15)24-21(28)27-8-5-18(6-9-27)22-7-10-29-2/h3-4,11-13,18,22H,5-10H2,1-2H3,(H,23,24,28). The van der Waals surface area contributed by atoms with E-state index in [2.05, 4.69) is 31.9 Å². The molecule has 0 radical (unpaired) electrons. The zero-order chi connectivity index (χ0) is 20.9. The van der Waals surface area contributed by atoms with E-state index in [1.54, 1.807) is 24.6 Å². The number of hydrogen-bond acceptors (Lipinski definition) is 7. The van der Waals surface area contributed by atoms with Crippen LogP contribution in [-0.2, 0) is 4.74 Å². The molecule has 1 aliphatic rings. The number of nitrogens with one attached hydrogen (secondary N) is 2. The quantitative estimate of drug-likeness (QED) is 0.588. The Morgan fingerprint density at radius 1 is 1.23 bits per heavy atom. The summed E-state index contributed by atoms with van der Waals surface area (Å²) >= 11 is 1.56. The van der Waals surface area contributed by atoms with Crippen LogP contribution in [-0.4, -0.2) is 65.5 Å². The molecule has 1 fully saturated rings. The topological polar surface area (TPSA) is 92.3 Å². The zero-order valence-electron chi connectivity index (χ0n) is 17.2. The van der Waals surface area contributed by atoms with Crippen LogP contribution in [0.15, 0.2) is 30.5 Å². The minimum absolute atomic E-state index is 0.104. The predicted molar refractivity (Wildman–Crippen MR) is 119 cm³/mol. The third-order valence-corrected chi connectivity index (χ3v) is 6.14. The van der Waals surface area contributed by atoms with Gasteiger partial charge in [0.1, 0.15) is 15.8 Å². The number of carbonyl (C=O) groups excluding carboxylic acids is 1. The van der Waals surface area contributed by atoms with Gasteiger partial charge in [0.25, 0.3) is 0 Å². The molecule has 1 saturated heterocycles. The van der Waals surface area contributed by atoms with Crippen LogP contribution in [0.2, 0.25) is 0 Å². The van der Waals surface area contributed by atoms with E-state index in [-0.39, 0.29) is 6.03 Å². The molecule has 0 unspecified atom stereocenters. The lowest BCUT2D eigenvalue weighted by atomic mass is 10.1. The third-order valence-electron chi connectivity index (χ3n) is 5.25. The number of pyridine rings is 1. The first-order valence-corrected chi connectivity index (χ1v) is 10.9. The van der Waals surface area contributed by atoms with Crippen molar-refractivity contribution in [3.05, 3.63) is 35.5 Å². The van der Waals surface area contributed by atoms with Gasteiger partial charge in [-0.1, -0.05) is 23.5 Å². The molecule has 8 nitrogen and oxygen atoms in total. The minimum atomic E-state index is -0.104. The van der Waals surface area contributed by atoms with E-state index >= 15 is 0 Å². The summed E-state index contributed by atoms with van der Waals surface area (Å²) in [6.07, 6.45) is 3.66. The number of amides is 2. The Balaban J connectivity index is 1.39. The Morgan fingerprint density at radius 2 is 2.07 bits per heavy atom. The number of ether oxygens (including phenoxy) is 1. The fraction of sp³-hybridized carbons (Fsp3) is 0.429. The van der Waals surface area contributed by atoms with Crippen LogP contribution < -0.4 is 10.6 Å². The summed E-state index contributed by atoms with van der Waals surface area (Å²) in [5, 5.41) is 18.6. The van der Waals surface area contributed by atoms with Crippen LogP contribution in [0.3, 0.4) is 0 Å². The molecular weight excluding hydrogens is 400 g/mol. The molecule has 0 saturated carbocycles. The van der Waals surface area contributed by atoms with Gasteiger partial charge in [-0.05, 0) is 37.3 Å². The molecule has 1 aliphatic heterocycles. The van der Waals surface area contributed by atoms with Crippen molar-refractivity contribution in [3.8, 4) is 10.6 Å². The number of urea groups is 1. The molecule has 0 bridgehead atoms. The van der Waals surface area contributed by atoms with E-state index < -0.39 is 0 Å². The Kier molecular flexibility index (Phi) is 6.51. The molecule has 4 rings (SSSR count). The first kappa shape index (κ1) is 20.6. The maximum atomic E-state index is 12.7. The first-order valence-electron chi connectivity index (χ1n) is 10.1. The van der Waals surface area contributed by atoms with Gasteiger partial charge < -0.3 is 15.0 Å². The van der Waals surface area contributed by atoms with E-state index in [0.29, 0.717) is 18.5 Å². The molecule has 3 heterocycles. The molecule has 0 aliphatic carbocycles. The zero-order valence-corrected chi connectivity index (χ0v) is 18.0. The molecule has 2 aromatic heterocycles. The molecule has 158 valence electrons. The van der Waals surface area contributed by atoms with Gasteiger partial charge in [-0.25, -0.2) is 9.78 Å². The van der Waals surface area contributed by atoms with Crippen molar-refractivity contribution in [2.45, 2.75) is 25.8 Å². The number of nitrogens with zero attached hydrogens (tertiary/aromatic N) is 4. The maximum absolute atomic E-state index is 12.7. The van der Waals surface area contributed by atoms with E-state index in [1.165, 1.54) is 0 Å². The van der Waals surface area contributed by atoms with Gasteiger partial charge in [0.05, 0.1) is 6.61 Å². The molecule has 3 aromatic rings. The fourth-order valence-electron chi connectivity index (χ4n) is 3.60. The highest BCUT2D eigenvalue weighted by Crippen LogP contribution is 2.27. The average Bonchev–Trinajstić information content (AvgIpc) is 3.20. The van der Waals surface area contributed by atoms with Gasteiger partial charge in [0.2, 0.25) is 0 Å².